The molecule has 0 aliphatic heterocycles. The highest BCUT2D eigenvalue weighted by Crippen LogP contribution is 2.31. The molecular weight excluding hydrogens is 456 g/mol. The van der Waals surface area contributed by atoms with E-state index < -0.39 is 10.0 Å². The molecule has 186 valence electrons. The number of sulfonamides is 1. The molecule has 2 heterocycles. The third-order valence-electron chi connectivity index (χ3n) is 5.51. The molecule has 0 amide bonds. The summed E-state index contributed by atoms with van der Waals surface area (Å²) in [6, 6.07) is 4.66. The van der Waals surface area contributed by atoms with E-state index in [4.69, 9.17) is 4.74 Å². The third kappa shape index (κ3) is 5.16. The van der Waals surface area contributed by atoms with E-state index in [9.17, 15) is 13.2 Å². The molecule has 0 fully saturated rings. The van der Waals surface area contributed by atoms with Gasteiger partial charge in [0.2, 0.25) is 10.0 Å². The van der Waals surface area contributed by atoms with Crippen molar-refractivity contribution in [2.45, 2.75) is 45.4 Å². The zero-order valence-electron chi connectivity index (χ0n) is 20.8. The average molecular weight is 491 g/mol. The lowest BCUT2D eigenvalue weighted by Gasteiger charge is -2.23. The summed E-state index contributed by atoms with van der Waals surface area (Å²) in [5.74, 6) is 1.35. The molecule has 0 aliphatic carbocycles. The summed E-state index contributed by atoms with van der Waals surface area (Å²) in [6.45, 7) is 9.14. The normalized spacial score (nSPS) is 12.2. The molecule has 0 saturated heterocycles. The maximum absolute atomic E-state index is 13.4. The minimum absolute atomic E-state index is 0.116. The van der Waals surface area contributed by atoms with Crippen LogP contribution in [0.3, 0.4) is 0 Å². The van der Waals surface area contributed by atoms with E-state index >= 15 is 0 Å². The number of rotatable bonds is 11. The van der Waals surface area contributed by atoms with E-state index in [2.05, 4.69) is 15.1 Å². The predicted octanol–water partition coefficient (Wildman–Crippen LogP) is 2.32. The minimum Gasteiger partial charge on any atom is -0.493 e. The highest BCUT2D eigenvalue weighted by molar-refractivity contribution is 7.89. The molecule has 0 aliphatic rings. The monoisotopic (exact) mass is 490 g/mol. The molecule has 0 spiro atoms. The molecule has 3 rings (SSSR count). The molecule has 11 heteroatoms. The van der Waals surface area contributed by atoms with Crippen LogP contribution in [0.2, 0.25) is 0 Å². The van der Waals surface area contributed by atoms with Gasteiger partial charge in [-0.2, -0.15) is 4.31 Å². The number of H-pyrrole nitrogens is 1. The zero-order valence-corrected chi connectivity index (χ0v) is 21.6. The smallest absolute Gasteiger partial charge is 0.277 e. The first-order valence-corrected chi connectivity index (χ1v) is 13.0. The number of hydrogen-bond donors (Lipinski definition) is 1. The van der Waals surface area contributed by atoms with Crippen molar-refractivity contribution in [1.82, 2.24) is 28.8 Å². The van der Waals surface area contributed by atoms with Crippen molar-refractivity contribution in [2.75, 3.05) is 40.3 Å². The third-order valence-corrected chi connectivity index (χ3v) is 7.48. The summed E-state index contributed by atoms with van der Waals surface area (Å²) in [5, 5.41) is 4.64. The molecule has 0 saturated carbocycles. The summed E-state index contributed by atoms with van der Waals surface area (Å²) >= 11 is 0. The molecule has 1 N–H and O–H groups in total. The van der Waals surface area contributed by atoms with Crippen molar-refractivity contribution >= 4 is 15.5 Å². The van der Waals surface area contributed by atoms with E-state index in [-0.39, 0.29) is 16.3 Å². The van der Waals surface area contributed by atoms with Crippen LogP contribution in [0.4, 0.5) is 0 Å². The molecule has 2 aromatic heterocycles. The second kappa shape index (κ2) is 10.7. The largest absolute Gasteiger partial charge is 0.493 e. The molecule has 34 heavy (non-hydrogen) atoms. The van der Waals surface area contributed by atoms with Gasteiger partial charge >= 0.3 is 0 Å². The van der Waals surface area contributed by atoms with Crippen LogP contribution >= 0.6 is 0 Å². The van der Waals surface area contributed by atoms with Gasteiger partial charge in [-0.05, 0) is 52.6 Å². The van der Waals surface area contributed by atoms with E-state index in [1.165, 1.54) is 16.4 Å². The molecule has 0 unspecified atom stereocenters. The van der Waals surface area contributed by atoms with Crippen molar-refractivity contribution < 1.29 is 13.2 Å². The van der Waals surface area contributed by atoms with Crippen molar-refractivity contribution in [1.29, 1.82) is 0 Å². The lowest BCUT2D eigenvalue weighted by atomic mass is 10.2. The summed E-state index contributed by atoms with van der Waals surface area (Å²) < 4.78 is 35.6. The SMILES string of the molecule is CCCc1nc(C)c2c(=O)[nH]c(-c3cc(S(=O)(=O)N(CC)CCN(C)C)ccc3OCC)nn12. The first-order chi connectivity index (χ1) is 16.1. The number of aromatic nitrogens is 4. The number of likely N-dealkylation sites (N-methyl/N-ethyl adjacent to an activating group) is 2. The number of ether oxygens (including phenoxy) is 1. The van der Waals surface area contributed by atoms with Crippen LogP contribution in [-0.4, -0.2) is 77.5 Å². The summed E-state index contributed by atoms with van der Waals surface area (Å²) in [6.07, 6.45) is 1.51. The Balaban J connectivity index is 2.18. The van der Waals surface area contributed by atoms with Gasteiger partial charge in [0.15, 0.2) is 11.3 Å². The molecular formula is C23H34N6O4S. The molecule has 1 aromatic carbocycles. The van der Waals surface area contributed by atoms with Crippen molar-refractivity contribution in [3.63, 3.8) is 0 Å². The Labute approximate surface area is 200 Å². The van der Waals surface area contributed by atoms with Gasteiger partial charge in [-0.1, -0.05) is 13.8 Å². The highest BCUT2D eigenvalue weighted by atomic mass is 32.2. The Morgan fingerprint density at radius 3 is 2.50 bits per heavy atom. The average Bonchev–Trinajstić information content (AvgIpc) is 3.10. The molecule has 10 nitrogen and oxygen atoms in total. The standard InChI is InChI=1S/C23H34N6O4S/c1-7-10-20-24-16(4)21-23(30)25-22(26-29(20)21)18-15-17(11-12-19(18)33-9-3)34(31,32)28(8-2)14-13-27(5)6/h11-12,15H,7-10,13-14H2,1-6H3,(H,25,26,30). The van der Waals surface area contributed by atoms with Gasteiger partial charge < -0.3 is 14.6 Å². The highest BCUT2D eigenvalue weighted by Gasteiger charge is 2.25. The molecule has 0 atom stereocenters. The van der Waals surface area contributed by atoms with Gasteiger partial charge in [0.1, 0.15) is 11.6 Å². The predicted molar refractivity (Wildman–Crippen MR) is 132 cm³/mol. The fraction of sp³-hybridized carbons (Fsp3) is 0.522. The van der Waals surface area contributed by atoms with Gasteiger partial charge in [0.05, 0.1) is 22.8 Å². The second-order valence-corrected chi connectivity index (χ2v) is 10.3. The van der Waals surface area contributed by atoms with E-state index in [1.807, 2.05) is 39.8 Å². The van der Waals surface area contributed by atoms with Gasteiger partial charge in [0.25, 0.3) is 5.56 Å². The van der Waals surface area contributed by atoms with E-state index in [0.29, 0.717) is 61.0 Å². The van der Waals surface area contributed by atoms with Gasteiger partial charge in [-0.25, -0.2) is 17.9 Å². The van der Waals surface area contributed by atoms with Crippen molar-refractivity contribution in [2.24, 2.45) is 0 Å². The maximum atomic E-state index is 13.4. The number of nitrogens with zero attached hydrogens (tertiary/aromatic N) is 5. The lowest BCUT2D eigenvalue weighted by Crippen LogP contribution is -2.36. The summed E-state index contributed by atoms with van der Waals surface area (Å²) in [5.41, 5.74) is 1.05. The molecule has 3 aromatic rings. The minimum atomic E-state index is -3.76. The van der Waals surface area contributed by atoms with Crippen molar-refractivity contribution in [3.05, 3.63) is 40.1 Å². The molecule has 0 bridgehead atoms. The Morgan fingerprint density at radius 1 is 1.15 bits per heavy atom. The molecule has 0 radical (unpaired) electrons. The quantitative estimate of drug-likeness (QED) is 0.439. The fourth-order valence-corrected chi connectivity index (χ4v) is 5.25. The summed E-state index contributed by atoms with van der Waals surface area (Å²) in [4.78, 5) is 22.3. The Kier molecular flexibility index (Phi) is 8.11. The van der Waals surface area contributed by atoms with Crippen molar-refractivity contribution in [3.8, 4) is 17.1 Å². The van der Waals surface area contributed by atoms with Crippen LogP contribution in [0.15, 0.2) is 27.9 Å². The number of nitrogens with one attached hydrogen (secondary N) is 1. The summed E-state index contributed by atoms with van der Waals surface area (Å²) in [7, 11) is 0.0399. The first kappa shape index (κ1) is 25.9. The number of benzene rings is 1. The van der Waals surface area contributed by atoms with E-state index in [0.717, 1.165) is 6.42 Å². The van der Waals surface area contributed by atoms with Crippen LogP contribution in [0.5, 0.6) is 5.75 Å². The van der Waals surface area contributed by atoms with Gasteiger partial charge in [-0.15, -0.1) is 5.10 Å². The van der Waals surface area contributed by atoms with Crippen LogP contribution in [-0.2, 0) is 16.4 Å². The maximum Gasteiger partial charge on any atom is 0.277 e. The number of aryl methyl sites for hydroxylation is 2. The lowest BCUT2D eigenvalue weighted by molar-refractivity contribution is 0.339. The number of imidazole rings is 1. The zero-order chi connectivity index (χ0) is 25.0. The van der Waals surface area contributed by atoms with E-state index in [1.54, 1.807) is 17.5 Å². The Hall–Kier alpha value is -2.76. The number of aromatic amines is 1. The topological polar surface area (TPSA) is 113 Å². The van der Waals surface area contributed by atoms with Gasteiger partial charge in [0, 0.05) is 26.1 Å². The van der Waals surface area contributed by atoms with Crippen LogP contribution < -0.4 is 10.3 Å². The Morgan fingerprint density at radius 2 is 1.88 bits per heavy atom. The van der Waals surface area contributed by atoms with Gasteiger partial charge in [-0.3, -0.25) is 4.79 Å². The Bertz CT molecular complexity index is 1310. The fourth-order valence-electron chi connectivity index (χ4n) is 3.79. The van der Waals surface area contributed by atoms with Crippen LogP contribution in [0.1, 0.15) is 38.7 Å². The number of hydrogen-bond acceptors (Lipinski definition) is 7. The van der Waals surface area contributed by atoms with Crippen LogP contribution in [0, 0.1) is 6.92 Å². The second-order valence-electron chi connectivity index (χ2n) is 8.32. The first-order valence-electron chi connectivity index (χ1n) is 11.5. The van der Waals surface area contributed by atoms with Crippen LogP contribution in [0.25, 0.3) is 16.9 Å². The number of fused-ring (bicyclic) bond motifs is 1.